The van der Waals surface area contributed by atoms with Crippen LogP contribution in [-0.2, 0) is 13.2 Å². The van der Waals surface area contributed by atoms with E-state index in [0.29, 0.717) is 11.4 Å². The minimum absolute atomic E-state index is 0.0226. The van der Waals surface area contributed by atoms with E-state index in [1.807, 2.05) is 0 Å². The topological polar surface area (TPSA) is 89.3 Å². The van der Waals surface area contributed by atoms with Crippen LogP contribution in [0, 0.1) is 24.4 Å². The molecule has 0 atom stereocenters. The van der Waals surface area contributed by atoms with Crippen molar-refractivity contribution in [3.05, 3.63) is 75.0 Å². The Hall–Kier alpha value is -3.40. The summed E-state index contributed by atoms with van der Waals surface area (Å²) in [6, 6.07) is 6.78. The molecule has 2 N–H and O–H groups in total. The number of halogens is 3. The quantitative estimate of drug-likeness (QED) is 0.612. The van der Waals surface area contributed by atoms with Crippen molar-refractivity contribution in [2.45, 2.75) is 20.1 Å². The molecule has 1 heterocycles. The Kier molecular flexibility index (Phi) is 5.83. The van der Waals surface area contributed by atoms with Gasteiger partial charge in [-0.1, -0.05) is 0 Å². The zero-order valence-electron chi connectivity index (χ0n) is 15.5. The maximum Gasteiger partial charge on any atom is 0.298 e. The monoisotopic (exact) mass is 406 g/mol. The average Bonchev–Trinajstić information content (AvgIpc) is 2.69. The molecule has 0 spiro atoms. The zero-order valence-corrected chi connectivity index (χ0v) is 15.5. The van der Waals surface area contributed by atoms with E-state index in [0.717, 1.165) is 22.4 Å². The summed E-state index contributed by atoms with van der Waals surface area (Å²) in [7, 11) is 1.53. The highest BCUT2D eigenvalue weighted by atomic mass is 19.2. The minimum atomic E-state index is -1.58. The van der Waals surface area contributed by atoms with E-state index in [-0.39, 0.29) is 23.8 Å². The fraction of sp³-hybridized carbons (Fsp3) is 0.211. The number of nitrogens with one attached hydrogen (secondary N) is 1. The number of rotatable bonds is 6. The Morgan fingerprint density at radius 3 is 2.45 bits per heavy atom. The largest absolute Gasteiger partial charge is 0.497 e. The van der Waals surface area contributed by atoms with Crippen LogP contribution in [0.2, 0.25) is 0 Å². The number of aryl methyl sites for hydroxylation is 1. The van der Waals surface area contributed by atoms with Gasteiger partial charge in [0.05, 0.1) is 20.3 Å². The standard InChI is InChI=1S/C19H17F3N4O3/c1-10-5-12(29-2)3-4-15(10)23-19-24-18(28)16(9-27)25-26(19)8-11-6-13(20)17(22)14(21)7-11/h3-7,27H,8-9H2,1-2H3,(H,23,24,28). The number of anilines is 2. The lowest BCUT2D eigenvalue weighted by Gasteiger charge is -2.15. The Morgan fingerprint density at radius 2 is 1.86 bits per heavy atom. The number of aromatic nitrogens is 3. The van der Waals surface area contributed by atoms with Crippen LogP contribution in [0.5, 0.6) is 5.75 Å². The van der Waals surface area contributed by atoms with Crippen molar-refractivity contribution in [2.75, 3.05) is 12.4 Å². The van der Waals surface area contributed by atoms with E-state index < -0.39 is 29.6 Å². The first-order chi connectivity index (χ1) is 13.8. The number of benzene rings is 2. The first kappa shape index (κ1) is 20.3. The van der Waals surface area contributed by atoms with Crippen LogP contribution in [0.3, 0.4) is 0 Å². The fourth-order valence-corrected chi connectivity index (χ4v) is 2.65. The number of ether oxygens (including phenoxy) is 1. The second kappa shape index (κ2) is 8.31. The van der Waals surface area contributed by atoms with Crippen LogP contribution in [0.4, 0.5) is 24.8 Å². The van der Waals surface area contributed by atoms with Gasteiger partial charge in [0, 0.05) is 5.69 Å². The molecule has 0 unspecified atom stereocenters. The van der Waals surface area contributed by atoms with Gasteiger partial charge >= 0.3 is 0 Å². The van der Waals surface area contributed by atoms with Crippen molar-refractivity contribution in [2.24, 2.45) is 0 Å². The van der Waals surface area contributed by atoms with Gasteiger partial charge in [0.2, 0.25) is 5.95 Å². The highest BCUT2D eigenvalue weighted by molar-refractivity contribution is 5.60. The molecule has 0 aliphatic heterocycles. The predicted octanol–water partition coefficient (Wildman–Crippen LogP) is 2.66. The molecule has 7 nitrogen and oxygen atoms in total. The summed E-state index contributed by atoms with van der Waals surface area (Å²) in [6.45, 7) is 0.902. The molecule has 10 heteroatoms. The first-order valence-electron chi connectivity index (χ1n) is 8.46. The molecule has 1 aromatic heterocycles. The SMILES string of the molecule is COc1ccc(Nc2nc(=O)c(CO)nn2Cc2cc(F)c(F)c(F)c2)c(C)c1. The molecule has 0 aliphatic carbocycles. The molecule has 152 valence electrons. The normalized spacial score (nSPS) is 10.8. The highest BCUT2D eigenvalue weighted by Crippen LogP contribution is 2.24. The zero-order chi connectivity index (χ0) is 21.1. The highest BCUT2D eigenvalue weighted by Gasteiger charge is 2.15. The van der Waals surface area contributed by atoms with Crippen molar-refractivity contribution in [3.63, 3.8) is 0 Å². The van der Waals surface area contributed by atoms with E-state index >= 15 is 0 Å². The summed E-state index contributed by atoms with van der Waals surface area (Å²) < 4.78 is 46.6. The second-order valence-electron chi connectivity index (χ2n) is 6.18. The maximum atomic E-state index is 13.5. The van der Waals surface area contributed by atoms with Crippen molar-refractivity contribution < 1.29 is 23.0 Å². The van der Waals surface area contributed by atoms with Gasteiger partial charge in [0.25, 0.3) is 5.56 Å². The lowest BCUT2D eigenvalue weighted by Crippen LogP contribution is -2.25. The predicted molar refractivity (Wildman–Crippen MR) is 98.6 cm³/mol. The summed E-state index contributed by atoms with van der Waals surface area (Å²) in [6.07, 6.45) is 0. The number of aliphatic hydroxyl groups excluding tert-OH is 1. The average molecular weight is 406 g/mol. The Balaban J connectivity index is 2.03. The lowest BCUT2D eigenvalue weighted by atomic mass is 10.2. The van der Waals surface area contributed by atoms with Crippen LogP contribution >= 0.6 is 0 Å². The summed E-state index contributed by atoms with van der Waals surface area (Å²) in [5.74, 6) is -3.67. The Morgan fingerprint density at radius 1 is 1.17 bits per heavy atom. The molecular weight excluding hydrogens is 389 g/mol. The van der Waals surface area contributed by atoms with Gasteiger partial charge < -0.3 is 15.2 Å². The van der Waals surface area contributed by atoms with Gasteiger partial charge in [0.1, 0.15) is 5.75 Å². The van der Waals surface area contributed by atoms with E-state index in [9.17, 15) is 23.1 Å². The molecule has 3 rings (SSSR count). The van der Waals surface area contributed by atoms with Gasteiger partial charge in [-0.3, -0.25) is 4.79 Å². The molecule has 0 aliphatic rings. The molecule has 3 aromatic rings. The van der Waals surface area contributed by atoms with Gasteiger partial charge in [-0.15, -0.1) is 0 Å². The Labute approximate surface area is 163 Å². The third kappa shape index (κ3) is 4.37. The molecule has 29 heavy (non-hydrogen) atoms. The molecular formula is C19H17F3N4O3. The number of aliphatic hydroxyl groups is 1. The van der Waals surface area contributed by atoms with Crippen molar-refractivity contribution in [1.29, 1.82) is 0 Å². The van der Waals surface area contributed by atoms with E-state index in [1.165, 1.54) is 7.11 Å². The smallest absolute Gasteiger partial charge is 0.298 e. The summed E-state index contributed by atoms with van der Waals surface area (Å²) in [5.41, 5.74) is 0.411. The number of nitrogens with zero attached hydrogens (tertiary/aromatic N) is 3. The minimum Gasteiger partial charge on any atom is -0.497 e. The molecule has 0 bridgehead atoms. The molecule has 0 saturated carbocycles. The first-order valence-corrected chi connectivity index (χ1v) is 8.46. The van der Waals surface area contributed by atoms with Gasteiger partial charge in [-0.05, 0) is 48.4 Å². The van der Waals surface area contributed by atoms with Crippen LogP contribution in [0.25, 0.3) is 0 Å². The molecule has 0 radical (unpaired) electrons. The van der Waals surface area contributed by atoms with Crippen molar-refractivity contribution in [3.8, 4) is 5.75 Å². The second-order valence-corrected chi connectivity index (χ2v) is 6.18. The number of methoxy groups -OCH3 is 1. The van der Waals surface area contributed by atoms with Gasteiger partial charge in [-0.25, -0.2) is 17.9 Å². The Bertz CT molecular complexity index is 1100. The summed E-state index contributed by atoms with van der Waals surface area (Å²) >= 11 is 0. The summed E-state index contributed by atoms with van der Waals surface area (Å²) in [5, 5.41) is 16.2. The third-order valence-corrected chi connectivity index (χ3v) is 4.15. The van der Waals surface area contributed by atoms with Crippen molar-refractivity contribution >= 4 is 11.6 Å². The maximum absolute atomic E-state index is 13.5. The van der Waals surface area contributed by atoms with Crippen molar-refractivity contribution in [1.82, 2.24) is 14.8 Å². The fourth-order valence-electron chi connectivity index (χ4n) is 2.65. The lowest BCUT2D eigenvalue weighted by molar-refractivity contribution is 0.271. The summed E-state index contributed by atoms with van der Waals surface area (Å²) in [4.78, 5) is 15.9. The van der Waals surface area contributed by atoms with Crippen LogP contribution < -0.4 is 15.6 Å². The number of hydrogen-bond acceptors (Lipinski definition) is 6. The molecule has 2 aromatic carbocycles. The molecule has 0 amide bonds. The molecule has 0 saturated heterocycles. The van der Waals surface area contributed by atoms with E-state index in [4.69, 9.17) is 4.74 Å². The van der Waals surface area contributed by atoms with E-state index in [1.54, 1.807) is 25.1 Å². The van der Waals surface area contributed by atoms with E-state index in [2.05, 4.69) is 15.4 Å². The third-order valence-electron chi connectivity index (χ3n) is 4.15. The molecule has 0 fully saturated rings. The van der Waals surface area contributed by atoms with Gasteiger partial charge in [0.15, 0.2) is 23.1 Å². The number of hydrogen-bond donors (Lipinski definition) is 2. The van der Waals surface area contributed by atoms with Crippen LogP contribution in [-0.4, -0.2) is 27.0 Å². The van der Waals surface area contributed by atoms with Gasteiger partial charge in [-0.2, -0.15) is 10.1 Å². The van der Waals surface area contributed by atoms with Crippen LogP contribution in [0.15, 0.2) is 35.1 Å². The van der Waals surface area contributed by atoms with Crippen LogP contribution in [0.1, 0.15) is 16.8 Å².